The molecule has 0 spiro atoms. The number of hydrogen-bond donors (Lipinski definition) is 1. The smallest absolute Gasteiger partial charge is 0.412 e. The Morgan fingerprint density at radius 3 is 2.54 bits per heavy atom. The fraction of sp³-hybridized carbons (Fsp3) is 0.500. The van der Waals surface area contributed by atoms with E-state index in [0.717, 1.165) is 6.26 Å². The fourth-order valence-corrected chi connectivity index (χ4v) is 0.537. The highest BCUT2D eigenvalue weighted by Crippen LogP contribution is 1.95. The molecular weight excluding hydrogens is 174 g/mol. The van der Waals surface area contributed by atoms with Crippen molar-refractivity contribution in [3.05, 3.63) is 11.8 Å². The van der Waals surface area contributed by atoms with Gasteiger partial charge in [-0.15, -0.1) is 0 Å². The Morgan fingerprint density at radius 2 is 2.08 bits per heavy atom. The molecule has 5 heteroatoms. The lowest BCUT2D eigenvalue weighted by molar-refractivity contribution is -0.136. The van der Waals surface area contributed by atoms with Gasteiger partial charge in [0.1, 0.15) is 6.26 Å². The molecule has 0 heterocycles. The molecule has 1 amide bonds. The van der Waals surface area contributed by atoms with Crippen LogP contribution in [0.2, 0.25) is 0 Å². The van der Waals surface area contributed by atoms with Crippen LogP contribution < -0.4 is 5.32 Å². The number of amides is 1. The number of esters is 1. The van der Waals surface area contributed by atoms with E-state index in [2.05, 4.69) is 14.8 Å². The summed E-state index contributed by atoms with van der Waals surface area (Å²) >= 11 is 0. The van der Waals surface area contributed by atoms with E-state index < -0.39 is 12.1 Å². The third-order valence-electron chi connectivity index (χ3n) is 1.17. The Bertz CT molecular complexity index is 222. The molecule has 0 saturated heterocycles. The van der Waals surface area contributed by atoms with Gasteiger partial charge < -0.3 is 14.8 Å². The maximum absolute atomic E-state index is 10.8. The number of ether oxygens (including phenoxy) is 2. The van der Waals surface area contributed by atoms with E-state index in [1.165, 1.54) is 14.0 Å². The maximum Gasteiger partial charge on any atom is 0.412 e. The zero-order chi connectivity index (χ0) is 10.3. The normalized spacial score (nSPS) is 10.5. The van der Waals surface area contributed by atoms with Crippen LogP contribution in [0.3, 0.4) is 0 Å². The molecule has 0 aliphatic carbocycles. The number of carbonyl (C=O) groups is 2. The molecule has 0 aliphatic rings. The summed E-state index contributed by atoms with van der Waals surface area (Å²) in [6.45, 7) is 3.73. The number of carbonyl (C=O) groups excluding carboxylic acids is 2. The van der Waals surface area contributed by atoms with Crippen LogP contribution in [0.5, 0.6) is 0 Å². The molecule has 0 atom stereocenters. The number of methoxy groups -OCH3 is 1. The maximum atomic E-state index is 10.8. The van der Waals surface area contributed by atoms with Gasteiger partial charge in [0.2, 0.25) is 0 Å². The van der Waals surface area contributed by atoms with Crippen LogP contribution >= 0.6 is 0 Å². The zero-order valence-corrected chi connectivity index (χ0v) is 7.92. The number of nitrogens with one attached hydrogen (secondary N) is 1. The lowest BCUT2D eigenvalue weighted by Crippen LogP contribution is -2.22. The molecule has 0 aliphatic heterocycles. The summed E-state index contributed by atoms with van der Waals surface area (Å²) in [5, 5.41) is 2.40. The van der Waals surface area contributed by atoms with Crippen LogP contribution in [0, 0.1) is 0 Å². The van der Waals surface area contributed by atoms with Crippen LogP contribution in [0.4, 0.5) is 4.79 Å². The first-order chi connectivity index (χ1) is 6.11. The second-order valence-corrected chi connectivity index (χ2v) is 2.23. The molecule has 74 valence electrons. The van der Waals surface area contributed by atoms with Crippen molar-refractivity contribution < 1.29 is 19.1 Å². The van der Waals surface area contributed by atoms with Crippen molar-refractivity contribution in [1.82, 2.24) is 5.32 Å². The highest BCUT2D eigenvalue weighted by atomic mass is 16.5. The third-order valence-corrected chi connectivity index (χ3v) is 1.17. The van der Waals surface area contributed by atoms with Gasteiger partial charge in [0.25, 0.3) is 0 Å². The Balaban J connectivity index is 3.96. The van der Waals surface area contributed by atoms with Gasteiger partial charge in [-0.2, -0.15) is 0 Å². The van der Waals surface area contributed by atoms with Crippen molar-refractivity contribution >= 4 is 12.1 Å². The quantitative estimate of drug-likeness (QED) is 0.403. The second-order valence-electron chi connectivity index (χ2n) is 2.23. The van der Waals surface area contributed by atoms with Gasteiger partial charge in [-0.3, -0.25) is 0 Å². The van der Waals surface area contributed by atoms with E-state index in [1.807, 2.05) is 0 Å². The summed E-state index contributed by atoms with van der Waals surface area (Å²) in [6, 6.07) is 0. The average Bonchev–Trinajstić information content (AvgIpc) is 2.13. The minimum absolute atomic E-state index is 0.230. The van der Waals surface area contributed by atoms with Crippen LogP contribution in [-0.4, -0.2) is 25.7 Å². The summed E-state index contributed by atoms with van der Waals surface area (Å²) in [5.74, 6) is -0.524. The average molecular weight is 187 g/mol. The minimum atomic E-state index is -0.592. The molecular formula is C8H13NO4. The van der Waals surface area contributed by atoms with E-state index in [-0.39, 0.29) is 5.57 Å². The molecule has 0 aromatic rings. The summed E-state index contributed by atoms with van der Waals surface area (Å²) in [4.78, 5) is 21.5. The van der Waals surface area contributed by atoms with Crippen LogP contribution in [0.1, 0.15) is 13.8 Å². The van der Waals surface area contributed by atoms with Crippen molar-refractivity contribution in [1.29, 1.82) is 0 Å². The molecule has 13 heavy (non-hydrogen) atoms. The lowest BCUT2D eigenvalue weighted by Gasteiger charge is -2.01. The first-order valence-corrected chi connectivity index (χ1v) is 3.81. The monoisotopic (exact) mass is 187 g/mol. The van der Waals surface area contributed by atoms with E-state index in [0.29, 0.717) is 6.54 Å². The topological polar surface area (TPSA) is 64.6 Å². The molecule has 0 fully saturated rings. The summed E-state index contributed by atoms with van der Waals surface area (Å²) in [6.07, 6.45) is 0.461. The molecule has 1 N–H and O–H groups in total. The summed E-state index contributed by atoms with van der Waals surface area (Å²) in [5.41, 5.74) is 0.230. The van der Waals surface area contributed by atoms with Gasteiger partial charge in [0.15, 0.2) is 0 Å². The van der Waals surface area contributed by atoms with Crippen molar-refractivity contribution in [2.75, 3.05) is 13.7 Å². The Labute approximate surface area is 76.7 Å². The molecule has 0 unspecified atom stereocenters. The van der Waals surface area contributed by atoms with E-state index in [4.69, 9.17) is 0 Å². The molecule has 0 aromatic carbocycles. The first-order valence-electron chi connectivity index (χ1n) is 3.81. The second kappa shape index (κ2) is 6.05. The van der Waals surface area contributed by atoms with E-state index in [1.54, 1.807) is 6.92 Å². The Hall–Kier alpha value is -1.52. The van der Waals surface area contributed by atoms with E-state index in [9.17, 15) is 9.59 Å². The van der Waals surface area contributed by atoms with Crippen molar-refractivity contribution in [3.63, 3.8) is 0 Å². The van der Waals surface area contributed by atoms with Crippen LogP contribution in [-0.2, 0) is 14.3 Å². The van der Waals surface area contributed by atoms with E-state index >= 15 is 0 Å². The summed E-state index contributed by atoms with van der Waals surface area (Å²) < 4.78 is 8.94. The number of rotatable bonds is 3. The minimum Gasteiger partial charge on any atom is -0.466 e. The van der Waals surface area contributed by atoms with Crippen molar-refractivity contribution in [2.45, 2.75) is 13.8 Å². The number of alkyl carbamates (subject to hydrolysis) is 1. The largest absolute Gasteiger partial charge is 0.466 e. The van der Waals surface area contributed by atoms with Crippen LogP contribution in [0.25, 0.3) is 0 Å². The van der Waals surface area contributed by atoms with Gasteiger partial charge >= 0.3 is 12.1 Å². The van der Waals surface area contributed by atoms with Gasteiger partial charge in [-0.05, 0) is 13.8 Å². The van der Waals surface area contributed by atoms with Crippen molar-refractivity contribution in [3.8, 4) is 0 Å². The lowest BCUT2D eigenvalue weighted by atomic mass is 10.3. The summed E-state index contributed by atoms with van der Waals surface area (Å²) in [7, 11) is 1.26. The standard InChI is InChI=1S/C8H13NO4/c1-4-9-8(11)13-5-6(2)7(10)12-3/h5H,4H2,1-3H3,(H,9,11). The Kier molecular flexibility index (Phi) is 5.34. The molecule has 0 radical (unpaired) electrons. The number of hydrogen-bond acceptors (Lipinski definition) is 4. The third kappa shape index (κ3) is 4.84. The van der Waals surface area contributed by atoms with Gasteiger partial charge in [0, 0.05) is 6.54 Å². The predicted octanol–water partition coefficient (Wildman–Crippen LogP) is 0.809. The van der Waals surface area contributed by atoms with Crippen molar-refractivity contribution in [2.24, 2.45) is 0 Å². The molecule has 0 aromatic heterocycles. The molecule has 0 saturated carbocycles. The zero-order valence-electron chi connectivity index (χ0n) is 7.92. The highest BCUT2D eigenvalue weighted by Gasteiger charge is 2.04. The van der Waals surface area contributed by atoms with Crippen LogP contribution in [0.15, 0.2) is 11.8 Å². The van der Waals surface area contributed by atoms with Gasteiger partial charge in [0.05, 0.1) is 12.7 Å². The molecule has 0 rings (SSSR count). The predicted molar refractivity (Wildman–Crippen MR) is 45.9 cm³/mol. The fourth-order valence-electron chi connectivity index (χ4n) is 0.537. The van der Waals surface area contributed by atoms with Gasteiger partial charge in [-0.1, -0.05) is 0 Å². The van der Waals surface area contributed by atoms with Gasteiger partial charge in [-0.25, -0.2) is 9.59 Å². The first kappa shape index (κ1) is 11.5. The Morgan fingerprint density at radius 1 is 1.46 bits per heavy atom. The molecule has 0 bridgehead atoms. The highest BCUT2D eigenvalue weighted by molar-refractivity contribution is 5.87. The SMILES string of the molecule is CCNC(=O)OC=C(C)C(=O)OC. The molecule has 5 nitrogen and oxygen atoms in total.